The van der Waals surface area contributed by atoms with Gasteiger partial charge in [0, 0.05) is 18.0 Å². The van der Waals surface area contributed by atoms with Gasteiger partial charge in [0.25, 0.3) is 5.91 Å². The molecule has 0 aliphatic carbocycles. The van der Waals surface area contributed by atoms with E-state index >= 15 is 0 Å². The molecule has 1 unspecified atom stereocenters. The second-order valence-electron chi connectivity index (χ2n) is 7.62. The fraction of sp³-hybridized carbons (Fsp3) is 0.167. The molecule has 1 aromatic heterocycles. The molecule has 0 radical (unpaired) electrons. The topological polar surface area (TPSA) is 96.0 Å². The Bertz CT molecular complexity index is 1310. The zero-order valence-corrected chi connectivity index (χ0v) is 21.5. The van der Waals surface area contributed by atoms with Crippen molar-refractivity contribution < 1.29 is 19.1 Å². The summed E-state index contributed by atoms with van der Waals surface area (Å²) in [6.07, 6.45) is 1.20. The molecule has 186 valence electrons. The van der Waals surface area contributed by atoms with Crippen LogP contribution in [0.1, 0.15) is 6.42 Å². The Labute approximate surface area is 222 Å². The van der Waals surface area contributed by atoms with Gasteiger partial charge in [-0.3, -0.25) is 19.9 Å². The molecule has 36 heavy (non-hydrogen) atoms. The minimum Gasteiger partial charge on any atom is -0.497 e. The summed E-state index contributed by atoms with van der Waals surface area (Å²) in [6.45, 7) is 0. The minimum atomic E-state index is -0.987. The number of benzene rings is 2. The number of methoxy groups -OCH3 is 2. The number of pyridine rings is 1. The molecule has 1 aliphatic heterocycles. The molecule has 9 nitrogen and oxygen atoms in total. The Morgan fingerprint density at radius 3 is 2.47 bits per heavy atom. The van der Waals surface area contributed by atoms with Gasteiger partial charge in [-0.1, -0.05) is 29.3 Å². The van der Waals surface area contributed by atoms with Crippen molar-refractivity contribution in [3.63, 3.8) is 0 Å². The smallest absolute Gasteiger partial charge is 0.258 e. The first kappa shape index (κ1) is 25.5. The lowest BCUT2D eigenvalue weighted by Gasteiger charge is -2.25. The summed E-state index contributed by atoms with van der Waals surface area (Å²) in [5, 5.41) is 4.88. The van der Waals surface area contributed by atoms with Crippen LogP contribution in [0.3, 0.4) is 0 Å². The molecule has 2 aromatic carbocycles. The highest BCUT2D eigenvalue weighted by atomic mass is 35.5. The van der Waals surface area contributed by atoms with Gasteiger partial charge >= 0.3 is 0 Å². The van der Waals surface area contributed by atoms with Crippen molar-refractivity contribution in [1.29, 1.82) is 0 Å². The lowest BCUT2D eigenvalue weighted by Crippen LogP contribution is -2.42. The number of carbonyl (C=O) groups is 2. The Balaban J connectivity index is 1.62. The van der Waals surface area contributed by atoms with Crippen molar-refractivity contribution in [2.45, 2.75) is 12.5 Å². The van der Waals surface area contributed by atoms with Crippen molar-refractivity contribution in [3.05, 3.63) is 70.8 Å². The molecule has 1 aliphatic rings. The number of amides is 2. The molecule has 3 aromatic rings. The highest BCUT2D eigenvalue weighted by Crippen LogP contribution is 2.31. The van der Waals surface area contributed by atoms with E-state index in [2.05, 4.69) is 15.7 Å². The van der Waals surface area contributed by atoms with E-state index in [0.717, 1.165) is 0 Å². The van der Waals surface area contributed by atoms with Gasteiger partial charge in [-0.25, -0.2) is 9.99 Å². The van der Waals surface area contributed by atoms with Crippen LogP contribution in [-0.4, -0.2) is 47.2 Å². The number of nitrogens with one attached hydrogen (secondary N) is 2. The van der Waals surface area contributed by atoms with Gasteiger partial charge in [0.1, 0.15) is 17.5 Å². The highest BCUT2D eigenvalue weighted by molar-refractivity contribution is 7.80. The number of hydrogen-bond acceptors (Lipinski definition) is 7. The van der Waals surface area contributed by atoms with Crippen LogP contribution in [0.4, 0.5) is 17.2 Å². The van der Waals surface area contributed by atoms with Crippen LogP contribution in [0.5, 0.6) is 11.5 Å². The summed E-state index contributed by atoms with van der Waals surface area (Å²) in [6, 6.07) is 14.2. The molecule has 0 bridgehead atoms. The average Bonchev–Trinajstić information content (AvgIpc) is 3.09. The molecular weight excluding hydrogens is 525 g/mol. The molecule has 2 heterocycles. The molecule has 1 saturated heterocycles. The number of nitrogens with zero attached hydrogens (tertiary/aromatic N) is 3. The second-order valence-corrected chi connectivity index (χ2v) is 8.83. The summed E-state index contributed by atoms with van der Waals surface area (Å²) in [5.41, 5.74) is 4.03. The van der Waals surface area contributed by atoms with E-state index < -0.39 is 17.9 Å². The standard InChI is InChI=1S/C24H21Cl2N5O4S/c1-34-17-8-6-16(7-9-17)30-23(33)20(12-21(32)28-15-4-3-5-18(11-15)35-2)31(24(30)36)29-22-19(26)10-14(25)13-27-22/h3-11,13,20H,12H2,1-2H3,(H,27,29)(H,28,32). The third kappa shape index (κ3) is 5.46. The molecule has 4 rings (SSSR count). The molecule has 2 N–H and O–H groups in total. The van der Waals surface area contributed by atoms with E-state index in [1.54, 1.807) is 55.6 Å². The molecule has 0 spiro atoms. The number of halogens is 2. The summed E-state index contributed by atoms with van der Waals surface area (Å²) in [5.74, 6) is 0.638. The first-order chi connectivity index (χ1) is 17.3. The van der Waals surface area contributed by atoms with Crippen molar-refractivity contribution >= 4 is 69.5 Å². The molecule has 0 saturated carbocycles. The number of ether oxygens (including phenoxy) is 2. The van der Waals surface area contributed by atoms with Crippen LogP contribution < -0.4 is 25.1 Å². The van der Waals surface area contributed by atoms with Crippen LogP contribution in [0.25, 0.3) is 0 Å². The summed E-state index contributed by atoms with van der Waals surface area (Å²) < 4.78 is 10.4. The Kier molecular flexibility index (Phi) is 7.78. The SMILES string of the molecule is COc1ccc(N2C(=O)C(CC(=O)Nc3cccc(OC)c3)N(Nc3ncc(Cl)cc3Cl)C2=S)cc1. The van der Waals surface area contributed by atoms with Crippen LogP contribution in [0, 0.1) is 0 Å². The predicted molar refractivity (Wildman–Crippen MR) is 143 cm³/mol. The Morgan fingerprint density at radius 2 is 1.81 bits per heavy atom. The molecule has 1 fully saturated rings. The van der Waals surface area contributed by atoms with Crippen LogP contribution in [0.2, 0.25) is 10.0 Å². The molecular formula is C24H21Cl2N5O4S. The third-order valence-electron chi connectivity index (χ3n) is 5.31. The van der Waals surface area contributed by atoms with Gasteiger partial charge in [0.15, 0.2) is 5.82 Å². The van der Waals surface area contributed by atoms with Gasteiger partial charge in [0.2, 0.25) is 11.0 Å². The van der Waals surface area contributed by atoms with E-state index in [1.165, 1.54) is 29.3 Å². The Hall–Kier alpha value is -3.60. The fourth-order valence-corrected chi connectivity index (χ4v) is 4.36. The maximum atomic E-state index is 13.5. The van der Waals surface area contributed by atoms with E-state index in [-0.39, 0.29) is 22.4 Å². The predicted octanol–water partition coefficient (Wildman–Crippen LogP) is 4.76. The van der Waals surface area contributed by atoms with E-state index in [0.29, 0.717) is 27.9 Å². The van der Waals surface area contributed by atoms with Crippen LogP contribution in [-0.2, 0) is 9.59 Å². The molecule has 2 amide bonds. The van der Waals surface area contributed by atoms with E-state index in [9.17, 15) is 9.59 Å². The number of hydrogen-bond donors (Lipinski definition) is 2. The molecule has 1 atom stereocenters. The summed E-state index contributed by atoms with van der Waals surface area (Å²) in [7, 11) is 3.08. The molecule has 12 heteroatoms. The zero-order valence-electron chi connectivity index (χ0n) is 19.2. The van der Waals surface area contributed by atoms with Gasteiger partial charge in [-0.05, 0) is 54.7 Å². The summed E-state index contributed by atoms with van der Waals surface area (Å²) >= 11 is 17.9. The van der Waals surface area contributed by atoms with Crippen molar-refractivity contribution in [2.24, 2.45) is 0 Å². The maximum absolute atomic E-state index is 13.5. The number of aromatic nitrogens is 1. The van der Waals surface area contributed by atoms with Crippen LogP contribution in [0.15, 0.2) is 60.8 Å². The number of thiocarbonyl (C=S) groups is 1. The number of anilines is 3. The summed E-state index contributed by atoms with van der Waals surface area (Å²) in [4.78, 5) is 32.0. The van der Waals surface area contributed by atoms with E-state index in [4.69, 9.17) is 44.9 Å². The fourth-order valence-electron chi connectivity index (χ4n) is 3.57. The normalized spacial score (nSPS) is 15.2. The first-order valence-electron chi connectivity index (χ1n) is 10.6. The zero-order chi connectivity index (χ0) is 25.8. The largest absolute Gasteiger partial charge is 0.497 e. The van der Waals surface area contributed by atoms with Crippen LogP contribution >= 0.6 is 35.4 Å². The van der Waals surface area contributed by atoms with Crippen molar-refractivity contribution in [2.75, 3.05) is 29.9 Å². The number of hydrazine groups is 1. The van der Waals surface area contributed by atoms with Gasteiger partial charge in [-0.15, -0.1) is 0 Å². The monoisotopic (exact) mass is 545 g/mol. The van der Waals surface area contributed by atoms with Gasteiger partial charge in [-0.2, -0.15) is 0 Å². The Morgan fingerprint density at radius 1 is 1.08 bits per heavy atom. The lowest BCUT2D eigenvalue weighted by molar-refractivity contribution is -0.124. The minimum absolute atomic E-state index is 0.122. The van der Waals surface area contributed by atoms with Crippen molar-refractivity contribution in [1.82, 2.24) is 9.99 Å². The van der Waals surface area contributed by atoms with Gasteiger partial charge < -0.3 is 14.8 Å². The number of carbonyl (C=O) groups excluding carboxylic acids is 2. The maximum Gasteiger partial charge on any atom is 0.258 e. The highest BCUT2D eigenvalue weighted by Gasteiger charge is 2.45. The third-order valence-corrected chi connectivity index (χ3v) is 6.19. The van der Waals surface area contributed by atoms with E-state index in [1.807, 2.05) is 0 Å². The lowest BCUT2D eigenvalue weighted by atomic mass is 10.1. The average molecular weight is 546 g/mol. The number of rotatable bonds is 8. The van der Waals surface area contributed by atoms with Gasteiger partial charge in [0.05, 0.1) is 36.4 Å². The first-order valence-corrected chi connectivity index (χ1v) is 11.8. The quantitative estimate of drug-likeness (QED) is 0.391. The van der Waals surface area contributed by atoms with Crippen molar-refractivity contribution in [3.8, 4) is 11.5 Å². The second kappa shape index (κ2) is 11.0.